The Labute approximate surface area is 96.1 Å². The van der Waals surface area contributed by atoms with Crippen LogP contribution in [-0.4, -0.2) is 18.2 Å². The van der Waals surface area contributed by atoms with Crippen LogP contribution < -0.4 is 4.74 Å². The second-order valence-corrected chi connectivity index (χ2v) is 4.03. The molecule has 0 saturated carbocycles. The highest BCUT2D eigenvalue weighted by Gasteiger charge is 2.11. The third-order valence-corrected chi connectivity index (χ3v) is 2.95. The van der Waals surface area contributed by atoms with Gasteiger partial charge >= 0.3 is 5.97 Å². The van der Waals surface area contributed by atoms with Gasteiger partial charge in [0, 0.05) is 6.42 Å². The Bertz CT molecular complexity index is 408. The van der Waals surface area contributed by atoms with Crippen molar-refractivity contribution < 1.29 is 14.6 Å². The third-order valence-electron chi connectivity index (χ3n) is 2.95. The number of carbonyl (C=O) groups is 1. The number of hydrogen-bond donors (Lipinski definition) is 1. The topological polar surface area (TPSA) is 46.5 Å². The minimum absolute atomic E-state index is 0.173. The van der Waals surface area contributed by atoms with Gasteiger partial charge in [-0.2, -0.15) is 0 Å². The molecule has 1 aromatic carbocycles. The Morgan fingerprint density at radius 3 is 2.44 bits per heavy atom. The van der Waals surface area contributed by atoms with Gasteiger partial charge in [-0.05, 0) is 49.4 Å². The molecule has 0 aliphatic rings. The maximum atomic E-state index is 10.6. The van der Waals surface area contributed by atoms with E-state index in [9.17, 15) is 4.79 Å². The highest BCUT2D eigenvalue weighted by atomic mass is 16.5. The summed E-state index contributed by atoms with van der Waals surface area (Å²) in [4.78, 5) is 10.6. The minimum atomic E-state index is -0.759. The summed E-state index contributed by atoms with van der Waals surface area (Å²) in [6.45, 7) is 6.00. The van der Waals surface area contributed by atoms with Crippen LogP contribution in [0.15, 0.2) is 6.07 Å². The molecular weight excluding hydrogens is 204 g/mol. The van der Waals surface area contributed by atoms with E-state index in [2.05, 4.69) is 0 Å². The van der Waals surface area contributed by atoms with Gasteiger partial charge < -0.3 is 9.84 Å². The number of ether oxygens (including phenoxy) is 1. The lowest BCUT2D eigenvalue weighted by molar-refractivity contribution is -0.136. The van der Waals surface area contributed by atoms with Gasteiger partial charge in [-0.25, -0.2) is 0 Å². The van der Waals surface area contributed by atoms with Crippen LogP contribution in [0.1, 0.15) is 28.7 Å². The summed E-state index contributed by atoms with van der Waals surface area (Å²) in [5, 5.41) is 8.68. The average Bonchev–Trinajstić information content (AvgIpc) is 2.22. The number of carboxylic acid groups (broad SMARTS) is 1. The summed E-state index contributed by atoms with van der Waals surface area (Å²) in [5.74, 6) is 0.141. The number of aryl methyl sites for hydroxylation is 2. The van der Waals surface area contributed by atoms with Gasteiger partial charge in [-0.1, -0.05) is 6.07 Å². The van der Waals surface area contributed by atoms with Crippen molar-refractivity contribution in [2.45, 2.75) is 33.6 Å². The zero-order chi connectivity index (χ0) is 12.3. The van der Waals surface area contributed by atoms with E-state index >= 15 is 0 Å². The summed E-state index contributed by atoms with van der Waals surface area (Å²) in [6, 6.07) is 2.02. The van der Waals surface area contributed by atoms with Crippen molar-refractivity contribution >= 4 is 5.97 Å². The molecule has 0 fully saturated rings. The van der Waals surface area contributed by atoms with E-state index in [1.165, 1.54) is 0 Å². The Morgan fingerprint density at radius 1 is 1.31 bits per heavy atom. The van der Waals surface area contributed by atoms with Crippen LogP contribution in [0.5, 0.6) is 5.75 Å². The Hall–Kier alpha value is -1.51. The van der Waals surface area contributed by atoms with Crippen molar-refractivity contribution in [1.29, 1.82) is 0 Å². The molecule has 3 heteroatoms. The summed E-state index contributed by atoms with van der Waals surface area (Å²) in [6.07, 6.45) is 0.749. The van der Waals surface area contributed by atoms with Gasteiger partial charge in [0.1, 0.15) is 5.75 Å². The van der Waals surface area contributed by atoms with E-state index in [4.69, 9.17) is 9.84 Å². The smallest absolute Gasteiger partial charge is 0.303 e. The van der Waals surface area contributed by atoms with Crippen molar-refractivity contribution in [1.82, 2.24) is 0 Å². The molecule has 1 rings (SSSR count). The molecule has 3 nitrogen and oxygen atoms in total. The first-order valence-electron chi connectivity index (χ1n) is 5.32. The lowest BCUT2D eigenvalue weighted by Gasteiger charge is -2.15. The molecule has 0 aromatic heterocycles. The lowest BCUT2D eigenvalue weighted by atomic mass is 9.96. The summed E-state index contributed by atoms with van der Waals surface area (Å²) in [7, 11) is 1.66. The molecule has 1 N–H and O–H groups in total. The zero-order valence-corrected chi connectivity index (χ0v) is 10.3. The normalized spacial score (nSPS) is 10.2. The molecule has 0 amide bonds. The fourth-order valence-electron chi connectivity index (χ4n) is 1.96. The number of rotatable bonds is 4. The quantitative estimate of drug-likeness (QED) is 0.851. The van der Waals surface area contributed by atoms with Crippen LogP contribution in [-0.2, 0) is 11.2 Å². The second-order valence-electron chi connectivity index (χ2n) is 4.03. The molecule has 0 spiro atoms. The lowest BCUT2D eigenvalue weighted by Crippen LogP contribution is -2.02. The van der Waals surface area contributed by atoms with Gasteiger partial charge in [-0.15, -0.1) is 0 Å². The van der Waals surface area contributed by atoms with Crippen molar-refractivity contribution in [3.8, 4) is 5.75 Å². The van der Waals surface area contributed by atoms with E-state index in [0.29, 0.717) is 6.42 Å². The molecule has 1 aromatic rings. The predicted molar refractivity (Wildman–Crippen MR) is 63.2 cm³/mol. The van der Waals surface area contributed by atoms with Crippen LogP contribution in [0.2, 0.25) is 0 Å². The Balaban J connectivity index is 3.08. The van der Waals surface area contributed by atoms with Crippen molar-refractivity contribution in [2.24, 2.45) is 0 Å². The van der Waals surface area contributed by atoms with Crippen molar-refractivity contribution in [3.63, 3.8) is 0 Å². The van der Waals surface area contributed by atoms with Crippen LogP contribution in [0.25, 0.3) is 0 Å². The SMILES string of the molecule is COc1c(C)cc(CCC(=O)O)c(C)c1C. The van der Waals surface area contributed by atoms with E-state index in [1.807, 2.05) is 26.8 Å². The van der Waals surface area contributed by atoms with E-state index < -0.39 is 5.97 Å². The average molecular weight is 222 g/mol. The van der Waals surface area contributed by atoms with Crippen LogP contribution in [0.3, 0.4) is 0 Å². The number of aliphatic carboxylic acids is 1. The number of hydrogen-bond acceptors (Lipinski definition) is 2. The molecule has 88 valence electrons. The summed E-state index contributed by atoms with van der Waals surface area (Å²) >= 11 is 0. The monoisotopic (exact) mass is 222 g/mol. The first kappa shape index (κ1) is 12.6. The molecule has 0 atom stereocenters. The molecule has 16 heavy (non-hydrogen) atoms. The third kappa shape index (κ3) is 2.54. The largest absolute Gasteiger partial charge is 0.496 e. The van der Waals surface area contributed by atoms with Crippen LogP contribution in [0.4, 0.5) is 0 Å². The van der Waals surface area contributed by atoms with Gasteiger partial charge in [0.2, 0.25) is 0 Å². The van der Waals surface area contributed by atoms with Crippen molar-refractivity contribution in [3.05, 3.63) is 28.3 Å². The van der Waals surface area contributed by atoms with Crippen LogP contribution in [0, 0.1) is 20.8 Å². The summed E-state index contributed by atoms with van der Waals surface area (Å²) < 4.78 is 5.32. The Morgan fingerprint density at radius 2 is 1.94 bits per heavy atom. The van der Waals surface area contributed by atoms with Crippen LogP contribution >= 0.6 is 0 Å². The van der Waals surface area contributed by atoms with Gasteiger partial charge in [0.15, 0.2) is 0 Å². The van der Waals surface area contributed by atoms with E-state index in [1.54, 1.807) is 7.11 Å². The zero-order valence-electron chi connectivity index (χ0n) is 10.3. The maximum absolute atomic E-state index is 10.6. The van der Waals surface area contributed by atoms with Gasteiger partial charge in [0.05, 0.1) is 7.11 Å². The fourth-order valence-corrected chi connectivity index (χ4v) is 1.96. The fraction of sp³-hybridized carbons (Fsp3) is 0.462. The molecule has 0 aliphatic carbocycles. The number of carboxylic acids is 1. The molecule has 0 bridgehead atoms. The molecule has 0 radical (unpaired) electrons. The first-order valence-corrected chi connectivity index (χ1v) is 5.32. The second kappa shape index (κ2) is 5.01. The highest BCUT2D eigenvalue weighted by Crippen LogP contribution is 2.29. The summed E-state index contributed by atoms with van der Waals surface area (Å²) in [5.41, 5.74) is 4.38. The van der Waals surface area contributed by atoms with E-state index in [0.717, 1.165) is 28.0 Å². The maximum Gasteiger partial charge on any atom is 0.303 e. The molecule has 0 aliphatic heterocycles. The predicted octanol–water partition coefficient (Wildman–Crippen LogP) is 2.64. The molecule has 0 saturated heterocycles. The standard InChI is InChI=1S/C13H18O3/c1-8-7-11(5-6-12(14)15)9(2)10(3)13(8)16-4/h7H,5-6H2,1-4H3,(H,14,15). The first-order chi connectivity index (χ1) is 7.47. The highest BCUT2D eigenvalue weighted by molar-refractivity contribution is 5.67. The number of benzene rings is 1. The van der Waals surface area contributed by atoms with Gasteiger partial charge in [0.25, 0.3) is 0 Å². The van der Waals surface area contributed by atoms with Crippen molar-refractivity contribution in [2.75, 3.05) is 7.11 Å². The van der Waals surface area contributed by atoms with E-state index in [-0.39, 0.29) is 6.42 Å². The number of methoxy groups -OCH3 is 1. The molecule has 0 unspecified atom stereocenters. The minimum Gasteiger partial charge on any atom is -0.496 e. The Kier molecular flexibility index (Phi) is 3.93. The molecular formula is C13H18O3. The van der Waals surface area contributed by atoms with Gasteiger partial charge in [-0.3, -0.25) is 4.79 Å². The molecule has 0 heterocycles.